The van der Waals surface area contributed by atoms with Crippen molar-refractivity contribution >= 4 is 44.8 Å². The van der Waals surface area contributed by atoms with E-state index in [1.807, 2.05) is 13.8 Å². The third kappa shape index (κ3) is 4.72. The summed E-state index contributed by atoms with van der Waals surface area (Å²) in [5.41, 5.74) is 0. The zero-order valence-corrected chi connectivity index (χ0v) is 16.7. The second-order valence-electron chi connectivity index (χ2n) is 6.21. The summed E-state index contributed by atoms with van der Waals surface area (Å²) in [6.07, 6.45) is 0. The van der Waals surface area contributed by atoms with Gasteiger partial charge < -0.3 is 10.2 Å². The van der Waals surface area contributed by atoms with Crippen LogP contribution in [0.1, 0.15) is 20.8 Å². The maximum atomic E-state index is 12.6. The molecule has 1 aromatic heterocycles. The number of amides is 2. The van der Waals surface area contributed by atoms with E-state index in [0.29, 0.717) is 17.4 Å². The molecule has 0 unspecified atom stereocenters. The van der Waals surface area contributed by atoms with E-state index in [0.717, 1.165) is 11.3 Å². The van der Waals surface area contributed by atoms with Crippen molar-refractivity contribution in [3.63, 3.8) is 0 Å². The van der Waals surface area contributed by atoms with Crippen molar-refractivity contribution < 1.29 is 18.0 Å². The van der Waals surface area contributed by atoms with Crippen LogP contribution in [0.4, 0.5) is 0 Å². The van der Waals surface area contributed by atoms with Gasteiger partial charge in [0.05, 0.1) is 4.34 Å². The van der Waals surface area contributed by atoms with Crippen LogP contribution in [0, 0.1) is 5.92 Å². The molecule has 7 nitrogen and oxygen atoms in total. The molecule has 0 spiro atoms. The lowest BCUT2D eigenvalue weighted by molar-refractivity contribution is -0.138. The van der Waals surface area contributed by atoms with Crippen LogP contribution in [0.2, 0.25) is 4.34 Å². The quantitative estimate of drug-likeness (QED) is 0.799. The van der Waals surface area contributed by atoms with E-state index in [4.69, 9.17) is 11.6 Å². The SMILES string of the molecule is CC(=O)N[C@H](C(=O)N1CCN(S(=O)(=O)c2ccc(Cl)s2)CC1)C(C)C. The van der Waals surface area contributed by atoms with Crippen LogP contribution in [0.15, 0.2) is 16.3 Å². The van der Waals surface area contributed by atoms with Crippen molar-refractivity contribution in [2.24, 2.45) is 5.92 Å². The van der Waals surface area contributed by atoms with Crippen molar-refractivity contribution in [3.8, 4) is 0 Å². The van der Waals surface area contributed by atoms with Crippen LogP contribution in [0.5, 0.6) is 0 Å². The topological polar surface area (TPSA) is 86.8 Å². The first-order valence-electron chi connectivity index (χ1n) is 7.94. The maximum Gasteiger partial charge on any atom is 0.252 e. The van der Waals surface area contributed by atoms with Crippen molar-refractivity contribution in [1.29, 1.82) is 0 Å². The number of nitrogens with one attached hydrogen (secondary N) is 1. The van der Waals surface area contributed by atoms with Crippen LogP contribution < -0.4 is 5.32 Å². The molecule has 2 rings (SSSR count). The zero-order chi connectivity index (χ0) is 18.8. The van der Waals surface area contributed by atoms with Gasteiger partial charge in [-0.05, 0) is 18.1 Å². The molecule has 1 N–H and O–H groups in total. The van der Waals surface area contributed by atoms with Gasteiger partial charge in [-0.2, -0.15) is 4.31 Å². The number of carbonyl (C=O) groups is 2. The number of sulfonamides is 1. The molecule has 0 radical (unpaired) electrons. The van der Waals surface area contributed by atoms with Crippen LogP contribution in [0.3, 0.4) is 0 Å². The fourth-order valence-electron chi connectivity index (χ4n) is 2.64. The Kier molecular flexibility index (Phi) is 6.47. The molecule has 1 aromatic rings. The molecule has 0 aliphatic carbocycles. The monoisotopic (exact) mass is 407 g/mol. The molecule has 1 atom stereocenters. The molecule has 1 aliphatic rings. The first kappa shape index (κ1) is 20.2. The Morgan fingerprint density at radius 3 is 2.24 bits per heavy atom. The number of halogens is 1. The lowest BCUT2D eigenvalue weighted by Gasteiger charge is -2.36. The number of hydrogen-bond donors (Lipinski definition) is 1. The first-order valence-corrected chi connectivity index (χ1v) is 10.6. The van der Waals surface area contributed by atoms with E-state index in [-0.39, 0.29) is 35.0 Å². The van der Waals surface area contributed by atoms with Gasteiger partial charge in [-0.25, -0.2) is 8.42 Å². The van der Waals surface area contributed by atoms with Crippen molar-refractivity contribution in [2.75, 3.05) is 26.2 Å². The van der Waals surface area contributed by atoms with E-state index in [9.17, 15) is 18.0 Å². The minimum Gasteiger partial charge on any atom is -0.344 e. The number of carbonyl (C=O) groups excluding carboxylic acids is 2. The Balaban J connectivity index is 2.03. The Morgan fingerprint density at radius 2 is 1.80 bits per heavy atom. The van der Waals surface area contributed by atoms with Gasteiger partial charge in [0.1, 0.15) is 10.3 Å². The van der Waals surface area contributed by atoms with Gasteiger partial charge in [0.15, 0.2) is 0 Å². The minimum absolute atomic E-state index is 0.0496. The lowest BCUT2D eigenvalue weighted by atomic mass is 10.0. The summed E-state index contributed by atoms with van der Waals surface area (Å²) in [4.78, 5) is 25.5. The van der Waals surface area contributed by atoms with E-state index in [1.54, 1.807) is 11.0 Å². The van der Waals surface area contributed by atoms with Gasteiger partial charge >= 0.3 is 0 Å². The zero-order valence-electron chi connectivity index (χ0n) is 14.4. The molecular weight excluding hydrogens is 386 g/mol. The Labute approximate surface area is 157 Å². The molecule has 140 valence electrons. The summed E-state index contributed by atoms with van der Waals surface area (Å²) < 4.78 is 27.1. The predicted octanol–water partition coefficient (Wildman–Crippen LogP) is 1.40. The molecule has 1 saturated heterocycles. The summed E-state index contributed by atoms with van der Waals surface area (Å²) >= 11 is 6.84. The average Bonchev–Trinajstić information content (AvgIpc) is 2.99. The second kappa shape index (κ2) is 8.03. The third-order valence-corrected chi connectivity index (χ3v) is 7.58. The third-order valence-electron chi connectivity index (χ3n) is 3.98. The molecule has 2 heterocycles. The van der Waals surface area contributed by atoms with E-state index >= 15 is 0 Å². The molecule has 0 saturated carbocycles. The number of hydrogen-bond acceptors (Lipinski definition) is 5. The smallest absolute Gasteiger partial charge is 0.252 e. The molecule has 0 aromatic carbocycles. The van der Waals surface area contributed by atoms with Crippen molar-refractivity contribution in [3.05, 3.63) is 16.5 Å². The Bertz CT molecular complexity index is 740. The highest BCUT2D eigenvalue weighted by Crippen LogP contribution is 2.28. The summed E-state index contributed by atoms with van der Waals surface area (Å²) in [6.45, 7) is 6.11. The number of rotatable bonds is 5. The molecular formula is C15H22ClN3O4S2. The van der Waals surface area contributed by atoms with Gasteiger partial charge in [-0.15, -0.1) is 11.3 Å². The molecule has 0 bridgehead atoms. The van der Waals surface area contributed by atoms with Crippen LogP contribution in [0.25, 0.3) is 0 Å². The summed E-state index contributed by atoms with van der Waals surface area (Å²) in [6, 6.07) is 2.45. The molecule has 10 heteroatoms. The normalized spacial score (nSPS) is 17.6. The average molecular weight is 408 g/mol. The van der Waals surface area contributed by atoms with Crippen molar-refractivity contribution in [1.82, 2.24) is 14.5 Å². The van der Waals surface area contributed by atoms with E-state index < -0.39 is 16.1 Å². The van der Waals surface area contributed by atoms with Gasteiger partial charge in [0.2, 0.25) is 11.8 Å². The molecule has 2 amide bonds. The largest absolute Gasteiger partial charge is 0.344 e. The van der Waals surface area contributed by atoms with Crippen LogP contribution in [-0.4, -0.2) is 61.7 Å². The van der Waals surface area contributed by atoms with Crippen molar-refractivity contribution in [2.45, 2.75) is 31.0 Å². The number of nitrogens with zero attached hydrogens (tertiary/aromatic N) is 2. The van der Waals surface area contributed by atoms with Crippen LogP contribution in [-0.2, 0) is 19.6 Å². The van der Waals surface area contributed by atoms with Gasteiger partial charge in [0, 0.05) is 33.1 Å². The summed E-state index contributed by atoms with van der Waals surface area (Å²) in [7, 11) is -3.59. The summed E-state index contributed by atoms with van der Waals surface area (Å²) in [5.74, 6) is -0.490. The van der Waals surface area contributed by atoms with Gasteiger partial charge in [0.25, 0.3) is 10.0 Å². The highest BCUT2D eigenvalue weighted by atomic mass is 35.5. The second-order valence-corrected chi connectivity index (χ2v) is 10.1. The van der Waals surface area contributed by atoms with E-state index in [1.165, 1.54) is 17.3 Å². The molecule has 1 aliphatic heterocycles. The maximum absolute atomic E-state index is 12.6. The first-order chi connectivity index (χ1) is 11.6. The highest BCUT2D eigenvalue weighted by Gasteiger charge is 2.34. The standard InChI is InChI=1S/C15H22ClN3O4S2/c1-10(2)14(17-11(3)20)15(21)18-6-8-19(9-7-18)25(22,23)13-5-4-12(16)24-13/h4-5,10,14H,6-9H2,1-3H3,(H,17,20)/t14-/m0/s1. The predicted molar refractivity (Wildman–Crippen MR) is 97.1 cm³/mol. The minimum atomic E-state index is -3.59. The Morgan fingerprint density at radius 1 is 1.20 bits per heavy atom. The lowest BCUT2D eigenvalue weighted by Crippen LogP contribution is -2.56. The van der Waals surface area contributed by atoms with Gasteiger partial charge in [-0.1, -0.05) is 25.4 Å². The fraction of sp³-hybridized carbons (Fsp3) is 0.600. The molecule has 25 heavy (non-hydrogen) atoms. The van der Waals surface area contributed by atoms with Crippen LogP contribution >= 0.6 is 22.9 Å². The Hall–Kier alpha value is -1.16. The fourth-order valence-corrected chi connectivity index (χ4v) is 5.70. The molecule has 1 fully saturated rings. The highest BCUT2D eigenvalue weighted by molar-refractivity contribution is 7.91. The number of thiophene rings is 1. The van der Waals surface area contributed by atoms with Gasteiger partial charge in [-0.3, -0.25) is 9.59 Å². The van der Waals surface area contributed by atoms with E-state index in [2.05, 4.69) is 5.32 Å². The number of piperazine rings is 1. The summed E-state index contributed by atoms with van der Waals surface area (Å²) in [5, 5.41) is 2.67.